The summed E-state index contributed by atoms with van der Waals surface area (Å²) in [4.78, 5) is 0. The van der Waals surface area contributed by atoms with E-state index in [1.807, 2.05) is 6.07 Å². The van der Waals surface area contributed by atoms with E-state index in [0.717, 1.165) is 5.56 Å². The van der Waals surface area contributed by atoms with Gasteiger partial charge < -0.3 is 15.2 Å². The van der Waals surface area contributed by atoms with Crippen LogP contribution in [-0.2, 0) is 21.3 Å². The van der Waals surface area contributed by atoms with E-state index in [0.29, 0.717) is 29.5 Å². The highest BCUT2D eigenvalue weighted by molar-refractivity contribution is 7.84. The molecule has 0 aliphatic carbocycles. The minimum absolute atomic E-state index is 0.498. The third-order valence-electron chi connectivity index (χ3n) is 2.14. The molecule has 0 saturated carbocycles. The smallest absolute Gasteiger partial charge is 0.141 e. The summed E-state index contributed by atoms with van der Waals surface area (Å²) in [5.74, 6) is 1.69. The summed E-state index contributed by atoms with van der Waals surface area (Å²) in [7, 11) is 2.26. The summed E-state index contributed by atoms with van der Waals surface area (Å²) in [6, 6.07) is 5.46. The monoisotopic (exact) mass is 243 g/mol. The second kappa shape index (κ2) is 6.50. The van der Waals surface area contributed by atoms with Crippen LogP contribution < -0.4 is 10.5 Å². The van der Waals surface area contributed by atoms with Crippen molar-refractivity contribution in [1.82, 2.24) is 0 Å². The summed E-state index contributed by atoms with van der Waals surface area (Å²) in [6.07, 6.45) is 0. The van der Waals surface area contributed by atoms with Gasteiger partial charge in [-0.3, -0.25) is 4.21 Å². The van der Waals surface area contributed by atoms with Crippen LogP contribution in [0.15, 0.2) is 18.2 Å². The SMILES string of the molecule is COCCS(=O)Cc1ccc(OC)c(N)c1. The van der Waals surface area contributed by atoms with Crippen LogP contribution in [0.1, 0.15) is 5.56 Å². The van der Waals surface area contributed by atoms with Gasteiger partial charge in [0.05, 0.1) is 19.4 Å². The number of methoxy groups -OCH3 is 2. The van der Waals surface area contributed by atoms with Crippen molar-refractivity contribution in [2.75, 3.05) is 32.3 Å². The molecule has 0 aliphatic heterocycles. The van der Waals surface area contributed by atoms with Gasteiger partial charge in [0.25, 0.3) is 0 Å². The molecule has 1 unspecified atom stereocenters. The molecule has 0 heterocycles. The van der Waals surface area contributed by atoms with Gasteiger partial charge in [0.15, 0.2) is 0 Å². The lowest BCUT2D eigenvalue weighted by atomic mass is 10.2. The molecule has 0 bridgehead atoms. The Balaban J connectivity index is 2.61. The van der Waals surface area contributed by atoms with Gasteiger partial charge in [-0.05, 0) is 17.7 Å². The number of anilines is 1. The fourth-order valence-corrected chi connectivity index (χ4v) is 2.36. The molecule has 1 atom stereocenters. The number of rotatable bonds is 6. The zero-order valence-corrected chi connectivity index (χ0v) is 10.4. The van der Waals surface area contributed by atoms with E-state index in [9.17, 15) is 4.21 Å². The van der Waals surface area contributed by atoms with E-state index >= 15 is 0 Å². The summed E-state index contributed by atoms with van der Waals surface area (Å²) in [5.41, 5.74) is 7.28. The quantitative estimate of drug-likeness (QED) is 0.762. The molecule has 0 amide bonds. The maximum Gasteiger partial charge on any atom is 0.141 e. The Morgan fingerprint density at radius 3 is 2.69 bits per heavy atom. The van der Waals surface area contributed by atoms with E-state index in [1.165, 1.54) is 0 Å². The van der Waals surface area contributed by atoms with Crippen molar-refractivity contribution < 1.29 is 13.7 Å². The van der Waals surface area contributed by atoms with Crippen LogP contribution in [0.4, 0.5) is 5.69 Å². The lowest BCUT2D eigenvalue weighted by Gasteiger charge is -2.07. The van der Waals surface area contributed by atoms with Crippen LogP contribution in [0.5, 0.6) is 5.75 Å². The van der Waals surface area contributed by atoms with Gasteiger partial charge in [0.1, 0.15) is 5.75 Å². The van der Waals surface area contributed by atoms with Crippen molar-refractivity contribution in [3.8, 4) is 5.75 Å². The molecule has 0 aliphatic rings. The van der Waals surface area contributed by atoms with E-state index in [1.54, 1.807) is 26.4 Å². The molecule has 2 N–H and O–H groups in total. The molecule has 1 rings (SSSR count). The standard InChI is InChI=1S/C11H17NO3S/c1-14-5-6-16(13)8-9-3-4-11(15-2)10(12)7-9/h3-4,7H,5-6,8,12H2,1-2H3. The van der Waals surface area contributed by atoms with E-state index in [4.69, 9.17) is 15.2 Å². The van der Waals surface area contributed by atoms with Crippen molar-refractivity contribution in [2.45, 2.75) is 5.75 Å². The molecule has 0 spiro atoms. The number of hydrogen-bond acceptors (Lipinski definition) is 4. The number of hydrogen-bond donors (Lipinski definition) is 1. The van der Waals surface area contributed by atoms with Gasteiger partial charge in [0, 0.05) is 29.4 Å². The number of ether oxygens (including phenoxy) is 2. The van der Waals surface area contributed by atoms with Crippen molar-refractivity contribution in [1.29, 1.82) is 0 Å². The van der Waals surface area contributed by atoms with Gasteiger partial charge in [-0.1, -0.05) is 6.07 Å². The summed E-state index contributed by atoms with van der Waals surface area (Å²) < 4.78 is 21.5. The number of nitrogens with two attached hydrogens (primary N) is 1. The van der Waals surface area contributed by atoms with Gasteiger partial charge in [-0.15, -0.1) is 0 Å². The lowest BCUT2D eigenvalue weighted by Crippen LogP contribution is -2.06. The highest BCUT2D eigenvalue weighted by Gasteiger charge is 2.04. The first-order valence-corrected chi connectivity index (χ1v) is 6.42. The molecule has 0 saturated heterocycles. The summed E-state index contributed by atoms with van der Waals surface area (Å²) in [6.45, 7) is 0.512. The topological polar surface area (TPSA) is 61.5 Å². The second-order valence-corrected chi connectivity index (χ2v) is 4.93. The number of benzene rings is 1. The molecular formula is C11H17NO3S. The zero-order valence-electron chi connectivity index (χ0n) is 9.56. The second-order valence-electron chi connectivity index (χ2n) is 3.36. The first kappa shape index (κ1) is 13.0. The minimum atomic E-state index is -0.909. The van der Waals surface area contributed by atoms with Crippen LogP contribution in [0.2, 0.25) is 0 Å². The normalized spacial score (nSPS) is 12.4. The first-order chi connectivity index (χ1) is 7.67. The van der Waals surface area contributed by atoms with Gasteiger partial charge in [0.2, 0.25) is 0 Å². The average molecular weight is 243 g/mol. The first-order valence-electron chi connectivity index (χ1n) is 4.93. The average Bonchev–Trinajstić information content (AvgIpc) is 2.26. The molecule has 4 nitrogen and oxygen atoms in total. The Morgan fingerprint density at radius 1 is 1.38 bits per heavy atom. The Labute approximate surface area is 98.2 Å². The van der Waals surface area contributed by atoms with Crippen LogP contribution in [0.25, 0.3) is 0 Å². The van der Waals surface area contributed by atoms with Gasteiger partial charge in [-0.2, -0.15) is 0 Å². The van der Waals surface area contributed by atoms with Crippen molar-refractivity contribution >= 4 is 16.5 Å². The highest BCUT2D eigenvalue weighted by atomic mass is 32.2. The van der Waals surface area contributed by atoms with E-state index in [2.05, 4.69) is 0 Å². The molecule has 0 fully saturated rings. The Hall–Kier alpha value is -1.07. The summed E-state index contributed by atoms with van der Waals surface area (Å²) >= 11 is 0. The minimum Gasteiger partial charge on any atom is -0.495 e. The molecule has 16 heavy (non-hydrogen) atoms. The predicted octanol–water partition coefficient (Wildman–Crippen LogP) is 1.17. The Morgan fingerprint density at radius 2 is 2.12 bits per heavy atom. The fourth-order valence-electron chi connectivity index (χ4n) is 1.31. The lowest BCUT2D eigenvalue weighted by molar-refractivity contribution is 0.218. The van der Waals surface area contributed by atoms with Crippen molar-refractivity contribution in [3.63, 3.8) is 0 Å². The molecule has 90 valence electrons. The Bertz CT molecular complexity index is 368. The predicted molar refractivity (Wildman–Crippen MR) is 66.0 cm³/mol. The van der Waals surface area contributed by atoms with Crippen molar-refractivity contribution in [3.05, 3.63) is 23.8 Å². The fraction of sp³-hybridized carbons (Fsp3) is 0.455. The molecule has 1 aromatic carbocycles. The van der Waals surface area contributed by atoms with Crippen molar-refractivity contribution in [2.24, 2.45) is 0 Å². The molecular weight excluding hydrogens is 226 g/mol. The molecule has 1 aromatic rings. The maximum atomic E-state index is 11.6. The highest BCUT2D eigenvalue weighted by Crippen LogP contribution is 2.22. The summed E-state index contributed by atoms with van der Waals surface area (Å²) in [5, 5.41) is 0. The van der Waals surface area contributed by atoms with E-state index in [-0.39, 0.29) is 0 Å². The van der Waals surface area contributed by atoms with Crippen LogP contribution >= 0.6 is 0 Å². The molecule has 0 radical (unpaired) electrons. The third-order valence-corrected chi connectivity index (χ3v) is 3.41. The molecule has 0 aromatic heterocycles. The van der Waals surface area contributed by atoms with Crippen LogP contribution in [0.3, 0.4) is 0 Å². The zero-order chi connectivity index (χ0) is 12.0. The Kier molecular flexibility index (Phi) is 5.28. The largest absolute Gasteiger partial charge is 0.495 e. The van der Waals surface area contributed by atoms with Gasteiger partial charge >= 0.3 is 0 Å². The van der Waals surface area contributed by atoms with Crippen LogP contribution in [0, 0.1) is 0 Å². The maximum absolute atomic E-state index is 11.6. The van der Waals surface area contributed by atoms with E-state index < -0.39 is 10.8 Å². The number of nitrogen functional groups attached to an aromatic ring is 1. The molecule has 5 heteroatoms. The van der Waals surface area contributed by atoms with Crippen LogP contribution in [-0.4, -0.2) is 30.8 Å². The third kappa shape index (κ3) is 3.83. The van der Waals surface area contributed by atoms with Gasteiger partial charge in [-0.25, -0.2) is 0 Å².